The molecule has 0 aliphatic carbocycles. The molecule has 2 aromatic rings. The largest absolute Gasteiger partial charge is 0.487 e. The molecule has 1 amide bonds. The number of hydrogen-bond donors (Lipinski definition) is 0. The van der Waals surface area contributed by atoms with E-state index in [0.29, 0.717) is 12.8 Å². The van der Waals surface area contributed by atoms with Crippen molar-refractivity contribution in [3.63, 3.8) is 0 Å². The van der Waals surface area contributed by atoms with E-state index in [-0.39, 0.29) is 24.9 Å². The smallest absolute Gasteiger partial charge is 0.343 e. The van der Waals surface area contributed by atoms with Crippen LogP contribution in [0.1, 0.15) is 12.8 Å². The van der Waals surface area contributed by atoms with Crippen molar-refractivity contribution < 1.29 is 23.5 Å². The van der Waals surface area contributed by atoms with E-state index in [1.165, 1.54) is 23.9 Å². The SMILES string of the molecule is O=C1CCC2(C(=O)OCCOc3ccccc3F)Sc3ccccc3N12. The van der Waals surface area contributed by atoms with Crippen LogP contribution in [0.25, 0.3) is 0 Å². The Balaban J connectivity index is 1.42. The number of halogens is 1. The van der Waals surface area contributed by atoms with E-state index in [2.05, 4.69) is 0 Å². The summed E-state index contributed by atoms with van der Waals surface area (Å²) >= 11 is 1.35. The molecule has 2 aliphatic rings. The summed E-state index contributed by atoms with van der Waals surface area (Å²) in [7, 11) is 0. The summed E-state index contributed by atoms with van der Waals surface area (Å²) in [5, 5.41) is 0. The molecule has 2 aromatic carbocycles. The van der Waals surface area contributed by atoms with Crippen LogP contribution < -0.4 is 9.64 Å². The second kappa shape index (κ2) is 6.64. The number of rotatable bonds is 5. The van der Waals surface area contributed by atoms with Gasteiger partial charge < -0.3 is 9.47 Å². The van der Waals surface area contributed by atoms with Crippen molar-refractivity contribution in [2.75, 3.05) is 18.1 Å². The van der Waals surface area contributed by atoms with Gasteiger partial charge in [0.05, 0.1) is 5.69 Å². The van der Waals surface area contributed by atoms with Crippen LogP contribution in [-0.4, -0.2) is 30.0 Å². The third-order valence-corrected chi connectivity index (χ3v) is 5.86. The number of carbonyl (C=O) groups excluding carboxylic acids is 2. The summed E-state index contributed by atoms with van der Waals surface area (Å²) in [5.41, 5.74) is 0.750. The maximum Gasteiger partial charge on any atom is 0.343 e. The molecule has 1 saturated heterocycles. The van der Waals surface area contributed by atoms with Crippen LogP contribution in [0.15, 0.2) is 53.4 Å². The van der Waals surface area contributed by atoms with Gasteiger partial charge in [0.2, 0.25) is 5.91 Å². The molecule has 0 saturated carbocycles. The van der Waals surface area contributed by atoms with E-state index in [0.717, 1.165) is 10.6 Å². The van der Waals surface area contributed by atoms with Crippen LogP contribution in [0.2, 0.25) is 0 Å². The number of ether oxygens (including phenoxy) is 2. The first-order valence-electron chi connectivity index (χ1n) is 8.27. The van der Waals surface area contributed by atoms with Crippen LogP contribution >= 0.6 is 11.8 Å². The van der Waals surface area contributed by atoms with Crippen molar-refractivity contribution in [1.29, 1.82) is 0 Å². The Hall–Kier alpha value is -2.54. The lowest BCUT2D eigenvalue weighted by Gasteiger charge is -2.28. The number of thioether (sulfide) groups is 1. The van der Waals surface area contributed by atoms with Gasteiger partial charge >= 0.3 is 5.97 Å². The number of hydrogen-bond acceptors (Lipinski definition) is 5. The zero-order valence-electron chi connectivity index (χ0n) is 13.8. The Morgan fingerprint density at radius 2 is 1.92 bits per heavy atom. The molecule has 1 unspecified atom stereocenters. The van der Waals surface area contributed by atoms with Gasteiger partial charge in [-0.3, -0.25) is 9.69 Å². The summed E-state index contributed by atoms with van der Waals surface area (Å²) in [6.45, 7) is 0.0160. The minimum absolute atomic E-state index is 0.0200. The van der Waals surface area contributed by atoms with Gasteiger partial charge in [-0.25, -0.2) is 9.18 Å². The van der Waals surface area contributed by atoms with E-state index in [1.54, 1.807) is 17.0 Å². The van der Waals surface area contributed by atoms with Crippen LogP contribution in [0, 0.1) is 5.82 Å². The van der Waals surface area contributed by atoms with Crippen molar-refractivity contribution in [2.45, 2.75) is 22.6 Å². The van der Waals surface area contributed by atoms with Gasteiger partial charge in [0.1, 0.15) is 13.2 Å². The number of anilines is 1. The lowest BCUT2D eigenvalue weighted by molar-refractivity contribution is -0.147. The Morgan fingerprint density at radius 3 is 2.77 bits per heavy atom. The zero-order valence-corrected chi connectivity index (χ0v) is 14.6. The minimum Gasteiger partial charge on any atom is -0.487 e. The first-order chi connectivity index (χ1) is 12.6. The number of carbonyl (C=O) groups is 2. The fourth-order valence-corrected chi connectivity index (χ4v) is 4.64. The zero-order chi connectivity index (χ0) is 18.1. The standard InChI is InChI=1S/C19H16FNO4S/c20-13-5-1-3-7-15(13)24-11-12-25-18(23)19-10-9-17(22)21(19)14-6-2-4-8-16(14)26-19/h1-8H,9-12H2. The number of nitrogens with zero attached hydrogens (tertiary/aromatic N) is 1. The van der Waals surface area contributed by atoms with Crippen LogP contribution in [0.3, 0.4) is 0 Å². The molecule has 0 bridgehead atoms. The maximum atomic E-state index is 13.5. The van der Waals surface area contributed by atoms with Crippen LogP contribution in [0.4, 0.5) is 10.1 Å². The molecule has 0 aromatic heterocycles. The van der Waals surface area contributed by atoms with Crippen molar-refractivity contribution in [2.24, 2.45) is 0 Å². The number of para-hydroxylation sites is 2. The highest BCUT2D eigenvalue weighted by Crippen LogP contribution is 2.56. The van der Waals surface area contributed by atoms with E-state index in [9.17, 15) is 14.0 Å². The first-order valence-corrected chi connectivity index (χ1v) is 9.09. The molecule has 0 spiro atoms. The molecule has 1 fully saturated rings. The Bertz CT molecular complexity index is 874. The summed E-state index contributed by atoms with van der Waals surface area (Å²) in [5.74, 6) is -0.905. The molecular formula is C19H16FNO4S. The molecule has 2 aliphatic heterocycles. The topological polar surface area (TPSA) is 55.8 Å². The molecule has 5 nitrogen and oxygen atoms in total. The molecule has 1 atom stereocenters. The average Bonchev–Trinajstić information content (AvgIpc) is 3.16. The maximum absolute atomic E-state index is 13.5. The van der Waals surface area contributed by atoms with Crippen molar-refractivity contribution in [3.8, 4) is 5.75 Å². The average molecular weight is 373 g/mol. The Morgan fingerprint density at radius 1 is 1.15 bits per heavy atom. The fourth-order valence-electron chi connectivity index (χ4n) is 3.23. The molecule has 26 heavy (non-hydrogen) atoms. The predicted molar refractivity (Wildman–Crippen MR) is 94.6 cm³/mol. The summed E-state index contributed by atoms with van der Waals surface area (Å²) in [6, 6.07) is 13.5. The van der Waals surface area contributed by atoms with Crippen LogP contribution in [0.5, 0.6) is 5.75 Å². The van der Waals surface area contributed by atoms with Crippen molar-refractivity contribution >= 4 is 29.3 Å². The summed E-state index contributed by atoms with van der Waals surface area (Å²) in [6.07, 6.45) is 0.709. The molecular weight excluding hydrogens is 357 g/mol. The van der Waals surface area contributed by atoms with Gasteiger partial charge in [-0.15, -0.1) is 0 Å². The van der Waals surface area contributed by atoms with E-state index < -0.39 is 16.7 Å². The van der Waals surface area contributed by atoms with E-state index in [4.69, 9.17) is 9.47 Å². The Labute approximate surface area is 154 Å². The third kappa shape index (κ3) is 2.72. The number of esters is 1. The minimum atomic E-state index is -1.04. The van der Waals surface area contributed by atoms with Gasteiger partial charge in [-0.2, -0.15) is 0 Å². The Kier molecular flexibility index (Phi) is 4.32. The predicted octanol–water partition coefficient (Wildman–Crippen LogP) is 3.38. The van der Waals surface area contributed by atoms with Crippen molar-refractivity contribution in [3.05, 3.63) is 54.3 Å². The molecule has 0 radical (unpaired) electrons. The summed E-state index contributed by atoms with van der Waals surface area (Å²) < 4.78 is 24.2. The number of benzene rings is 2. The van der Waals surface area contributed by atoms with Gasteiger partial charge in [-0.05, 0) is 24.3 Å². The second-order valence-electron chi connectivity index (χ2n) is 6.00. The first kappa shape index (κ1) is 16.9. The van der Waals surface area contributed by atoms with Gasteiger partial charge in [-0.1, -0.05) is 36.0 Å². The van der Waals surface area contributed by atoms with Gasteiger partial charge in [0.25, 0.3) is 0 Å². The molecule has 4 rings (SSSR count). The highest BCUT2D eigenvalue weighted by Gasteiger charge is 2.58. The quantitative estimate of drug-likeness (QED) is 0.594. The van der Waals surface area contributed by atoms with Gasteiger partial charge in [0, 0.05) is 17.7 Å². The third-order valence-electron chi connectivity index (χ3n) is 4.40. The lowest BCUT2D eigenvalue weighted by atomic mass is 10.2. The van der Waals surface area contributed by atoms with E-state index >= 15 is 0 Å². The molecule has 7 heteroatoms. The van der Waals surface area contributed by atoms with Gasteiger partial charge in [0.15, 0.2) is 16.4 Å². The molecule has 2 heterocycles. The molecule has 0 N–H and O–H groups in total. The van der Waals surface area contributed by atoms with E-state index in [1.807, 2.05) is 24.3 Å². The number of fused-ring (bicyclic) bond motifs is 3. The van der Waals surface area contributed by atoms with Crippen LogP contribution in [-0.2, 0) is 14.3 Å². The highest BCUT2D eigenvalue weighted by molar-refractivity contribution is 8.02. The lowest BCUT2D eigenvalue weighted by Crippen LogP contribution is -2.48. The fraction of sp³-hybridized carbons (Fsp3) is 0.263. The highest BCUT2D eigenvalue weighted by atomic mass is 32.2. The molecule has 134 valence electrons. The second-order valence-corrected chi connectivity index (χ2v) is 7.32. The monoisotopic (exact) mass is 373 g/mol. The normalized spacial score (nSPS) is 20.7. The number of amides is 1. The van der Waals surface area contributed by atoms with Crippen molar-refractivity contribution in [1.82, 2.24) is 0 Å². The summed E-state index contributed by atoms with van der Waals surface area (Å²) in [4.78, 5) is 26.5.